The van der Waals surface area contributed by atoms with Crippen LogP contribution in [-0.2, 0) is 92.6 Å². The number of pyridine rings is 8. The summed E-state index contributed by atoms with van der Waals surface area (Å²) >= 11 is 22.7. The lowest BCUT2D eigenvalue weighted by Crippen LogP contribution is -2.50. The van der Waals surface area contributed by atoms with Crippen molar-refractivity contribution in [2.45, 2.75) is 126 Å². The first kappa shape index (κ1) is 101. The summed E-state index contributed by atoms with van der Waals surface area (Å²) in [6, 6.07) is 45.1. The number of esters is 2. The number of aromatic amines is 3. The quantitative estimate of drug-likeness (QED) is 0.0321. The average molecular weight is 1890 g/mol. The summed E-state index contributed by atoms with van der Waals surface area (Å²) in [4.78, 5) is 200. The highest BCUT2D eigenvalue weighted by Gasteiger charge is 2.30. The van der Waals surface area contributed by atoms with Crippen molar-refractivity contribution >= 4 is 162 Å². The van der Waals surface area contributed by atoms with Crippen LogP contribution in [0.15, 0.2) is 203 Å². The summed E-state index contributed by atoms with van der Waals surface area (Å²) in [5, 5.41) is 27.2. The zero-order chi connectivity index (χ0) is 93.6. The number of likely N-dealkylation sites (tertiary alicyclic amines) is 1. The molecule has 0 atom stereocenters. The lowest BCUT2D eigenvalue weighted by Gasteiger charge is -2.37. The SMILES string of the molecule is CC(C)(C)OC(=O)Cn1c(=O)c(C(=O)NCc2ccc(Cl)cc2)cc2ccc(=O)[nH]c21.CC1CN(C(=O)Cn2c(=O)c(C(=O)NCc3ccc(Cl)cc3)cc3ccc(=O)[nH]c32)C1.CC1CNC1.Cc1ccc2cc(C(=O)NCc3ccc(Cl)cc3)c(=O)n(CC(=O)OC(C)(C)C)c2n1.Cl.O=C(O)Cn1c(=O)c(C(=O)NCc2ccc(Cl)cc2)cc2ccc(=O)[nH]c21.O=S=O. The van der Waals surface area contributed by atoms with Gasteiger partial charge in [0.05, 0.1) is 0 Å². The maximum Gasteiger partial charge on any atom is 0.335 e. The highest BCUT2D eigenvalue weighted by atomic mass is 35.5. The Balaban J connectivity index is 0.000000206. The Morgan fingerprint density at radius 2 is 0.705 bits per heavy atom. The Hall–Kier alpha value is -13.3. The van der Waals surface area contributed by atoms with Gasteiger partial charge in [-0.25, -0.2) is 4.98 Å². The number of amides is 5. The second-order valence-corrected chi connectivity index (χ2v) is 33.5. The van der Waals surface area contributed by atoms with Gasteiger partial charge in [-0.05, 0) is 199 Å². The first-order chi connectivity index (χ1) is 60.5. The van der Waals surface area contributed by atoms with Crippen LogP contribution in [0.3, 0.4) is 0 Å². The second kappa shape index (κ2) is 45.9. The van der Waals surface area contributed by atoms with Crippen LogP contribution < -0.4 is 65.5 Å². The molecule has 0 bridgehead atoms. The molecule has 0 spiro atoms. The van der Waals surface area contributed by atoms with E-state index in [0.717, 1.165) is 37.3 Å². The van der Waals surface area contributed by atoms with Gasteiger partial charge in [0.1, 0.15) is 82.2 Å². The van der Waals surface area contributed by atoms with E-state index in [1.54, 1.807) is 163 Å². The molecule has 34 nitrogen and oxygen atoms in total. The number of benzene rings is 4. The maximum absolute atomic E-state index is 13.1. The van der Waals surface area contributed by atoms with Gasteiger partial charge in [-0.2, -0.15) is 8.42 Å². The highest BCUT2D eigenvalue weighted by molar-refractivity contribution is 7.51. The molecule has 12 aromatic rings. The summed E-state index contributed by atoms with van der Waals surface area (Å²) in [5.41, 5.74) is -1.43. The number of aliphatic carboxylic acids is 1. The fraction of sp³-hybridized carbons (Fsp3) is 0.281. The number of H-pyrrole nitrogens is 3. The van der Waals surface area contributed by atoms with Gasteiger partial charge in [0.2, 0.25) is 22.6 Å². The van der Waals surface area contributed by atoms with Crippen LogP contribution in [0.25, 0.3) is 44.1 Å². The van der Waals surface area contributed by atoms with Crippen molar-refractivity contribution in [1.82, 2.24) is 69.7 Å². The monoisotopic (exact) mass is 1880 g/mol. The van der Waals surface area contributed by atoms with Gasteiger partial charge in [-0.3, -0.25) is 90.2 Å². The van der Waals surface area contributed by atoms with Gasteiger partial charge in [0.25, 0.3) is 45.9 Å². The predicted octanol–water partition coefficient (Wildman–Crippen LogP) is 9.33. The maximum atomic E-state index is 13.1. The van der Waals surface area contributed by atoms with Crippen molar-refractivity contribution in [2.75, 3.05) is 26.2 Å². The van der Waals surface area contributed by atoms with Crippen LogP contribution in [0.5, 0.6) is 0 Å². The molecular weight excluding hydrogens is 1790 g/mol. The topological polar surface area (TPSA) is 472 Å². The standard InChI is InChI=1S/C23H24ClN3O4.C22H21ClN4O4.C22H22ClN3O5.C18H14ClN3O5.C4H9N.ClH.O2S/c1-14-5-8-16-11-18(21(29)25-12-15-6-9-17(24)10-7-15)22(30)27(20(16)26-14)13-19(28)31-23(2,3)4;1-13-10-26(11-13)19(29)12-27-20-15(4-7-18(28)25-20)8-17(22(27)31)21(30)24-9-14-2-5-16(23)6-3-14;1-22(2,3)31-18(28)12-26-19-14(6-9-17(27)25-19)10-16(21(26)30)20(29)24-11-13-4-7-15(23)8-5-13;19-12-4-1-10(2-5-12)8-20-17(26)13-7-11-3-6-14(23)21-16(11)22(18(13)27)9-15(24)25;1-4-2-5-3-4;;1-3-2/h5-11H,12-13H2,1-4H3,(H,25,29);2-8,13H,9-12H2,1H3,(H,24,30)(H,25,28);4-10H,11-12H2,1-3H3,(H,24,29)(H,25,27);1-7H,8-9H2,(H,20,26)(H,21,23)(H,24,25);4-5H,2-3H2,1H3;1H;. The molecule has 8 aromatic heterocycles. The molecule has 678 valence electrons. The number of carboxylic acid groups (broad SMARTS) is 1. The largest absolute Gasteiger partial charge is 0.480 e. The number of rotatable bonds is 20. The molecule has 9 N–H and O–H groups in total. The number of carbonyl (C=O) groups is 8. The van der Waals surface area contributed by atoms with Crippen LogP contribution in [0, 0.1) is 18.8 Å². The first-order valence-corrected chi connectivity index (χ1v) is 41.7. The Labute approximate surface area is 764 Å². The van der Waals surface area contributed by atoms with E-state index in [9.17, 15) is 71.9 Å². The minimum Gasteiger partial charge on any atom is -0.480 e. The van der Waals surface area contributed by atoms with Gasteiger partial charge >= 0.3 is 29.5 Å². The van der Waals surface area contributed by atoms with E-state index in [0.29, 0.717) is 72.0 Å². The van der Waals surface area contributed by atoms with Gasteiger partial charge < -0.3 is 61.0 Å². The van der Waals surface area contributed by atoms with Crippen molar-refractivity contribution in [1.29, 1.82) is 0 Å². The molecule has 2 aliphatic rings. The Kier molecular flexibility index (Phi) is 36.0. The molecule has 0 radical (unpaired) electrons. The summed E-state index contributed by atoms with van der Waals surface area (Å²) < 4.78 is 31.5. The lowest BCUT2D eigenvalue weighted by molar-refractivity contribution is -0.156. The number of carboxylic acids is 1. The molecule has 0 aliphatic carbocycles. The van der Waals surface area contributed by atoms with Crippen LogP contribution in [0.1, 0.15) is 125 Å². The van der Waals surface area contributed by atoms with Crippen molar-refractivity contribution < 1.29 is 61.4 Å². The van der Waals surface area contributed by atoms with Crippen LogP contribution >= 0.6 is 58.8 Å². The van der Waals surface area contributed by atoms with E-state index in [4.69, 9.17) is 69.4 Å². The minimum absolute atomic E-state index is 0. The third-order valence-corrected chi connectivity index (χ3v) is 19.9. The summed E-state index contributed by atoms with van der Waals surface area (Å²) in [7, 11) is 0. The van der Waals surface area contributed by atoms with Crippen LogP contribution in [0.4, 0.5) is 0 Å². The van der Waals surface area contributed by atoms with Gasteiger partial charge in [0, 0.05) is 105 Å². The van der Waals surface area contributed by atoms with Crippen molar-refractivity contribution in [2.24, 2.45) is 11.8 Å². The smallest absolute Gasteiger partial charge is 0.335 e. The molecule has 14 rings (SSSR count). The highest BCUT2D eigenvalue weighted by Crippen LogP contribution is 2.22. The van der Waals surface area contributed by atoms with E-state index in [1.165, 1.54) is 82.9 Å². The lowest BCUT2D eigenvalue weighted by atomic mass is 10.0. The van der Waals surface area contributed by atoms with E-state index in [2.05, 4.69) is 53.4 Å². The number of nitrogens with one attached hydrogen (secondary N) is 8. The predicted molar refractivity (Wildman–Crippen MR) is 491 cm³/mol. The molecule has 4 aromatic carbocycles. The van der Waals surface area contributed by atoms with E-state index in [-0.39, 0.29) is 96.8 Å². The number of hydrogen-bond donors (Lipinski definition) is 9. The second-order valence-electron chi connectivity index (χ2n) is 31.6. The molecule has 0 unspecified atom stereocenters. The molecule has 2 saturated heterocycles. The third kappa shape index (κ3) is 29.4. The van der Waals surface area contributed by atoms with Crippen LogP contribution in [-0.4, -0.2) is 141 Å². The number of carbonyl (C=O) groups excluding carboxylic acids is 7. The summed E-state index contributed by atoms with van der Waals surface area (Å²) in [6.07, 6.45) is 0. The Morgan fingerprint density at radius 3 is 0.992 bits per heavy atom. The van der Waals surface area contributed by atoms with Gasteiger partial charge in [0.15, 0.2) is 0 Å². The number of aromatic nitrogens is 8. The number of fused-ring (bicyclic) bond motifs is 4. The molecule has 129 heavy (non-hydrogen) atoms. The van der Waals surface area contributed by atoms with Crippen molar-refractivity contribution in [3.05, 3.63) is 313 Å². The van der Waals surface area contributed by atoms with E-state index >= 15 is 0 Å². The Morgan fingerprint density at radius 1 is 0.426 bits per heavy atom. The number of aryl methyl sites for hydroxylation is 1. The normalized spacial score (nSPS) is 12.1. The molecular formula is C89H91Cl5N14O20S. The first-order valence-electron chi connectivity index (χ1n) is 39.5. The molecule has 2 fully saturated rings. The molecule has 5 amide bonds. The molecule has 40 heteroatoms. The fourth-order valence-electron chi connectivity index (χ4n) is 12.7. The minimum atomic E-state index is -1.28. The van der Waals surface area contributed by atoms with E-state index < -0.39 is 116 Å². The average Bonchev–Trinajstić information content (AvgIpc) is 0.802. The Bertz CT molecular complexity index is 6670. The van der Waals surface area contributed by atoms with Gasteiger partial charge in [-0.15, -0.1) is 12.4 Å². The van der Waals surface area contributed by atoms with Crippen molar-refractivity contribution in [3.63, 3.8) is 0 Å². The van der Waals surface area contributed by atoms with Gasteiger partial charge in [-0.1, -0.05) is 109 Å². The number of nitrogens with zero attached hydrogens (tertiary/aromatic N) is 6. The summed E-state index contributed by atoms with van der Waals surface area (Å²) in [5.74, 6) is -3.75. The fourth-order valence-corrected chi connectivity index (χ4v) is 13.2. The summed E-state index contributed by atoms with van der Waals surface area (Å²) in [6.45, 7) is 19.2. The molecule has 10 heterocycles. The number of hydrogen-bond acceptors (Lipinski definition) is 21. The third-order valence-electron chi connectivity index (χ3n) is 18.8. The molecule has 0 saturated carbocycles. The molecule has 2 aliphatic heterocycles. The van der Waals surface area contributed by atoms with E-state index in [1.807, 2.05) is 6.92 Å². The van der Waals surface area contributed by atoms with Crippen molar-refractivity contribution in [3.8, 4) is 0 Å². The number of ether oxygens (including phenoxy) is 2. The zero-order valence-corrected chi connectivity index (χ0v) is 75.7. The zero-order valence-electron chi connectivity index (χ0n) is 71.0. The number of halogens is 5. The van der Waals surface area contributed by atoms with Crippen LogP contribution in [0.2, 0.25) is 20.1 Å².